The summed E-state index contributed by atoms with van der Waals surface area (Å²) in [6, 6.07) is 13.4. The van der Waals surface area contributed by atoms with Gasteiger partial charge in [-0.15, -0.1) is 0 Å². The van der Waals surface area contributed by atoms with Gasteiger partial charge in [-0.05, 0) is 43.2 Å². The minimum Gasteiger partial charge on any atom is -0.486 e. The van der Waals surface area contributed by atoms with E-state index in [-0.39, 0.29) is 11.7 Å². The molecule has 1 aliphatic rings. The van der Waals surface area contributed by atoms with Crippen molar-refractivity contribution in [1.29, 1.82) is 5.26 Å². The maximum absolute atomic E-state index is 12.4. The van der Waals surface area contributed by atoms with Gasteiger partial charge in [0.25, 0.3) is 0 Å². The van der Waals surface area contributed by atoms with E-state index >= 15 is 0 Å². The van der Waals surface area contributed by atoms with Crippen molar-refractivity contribution < 1.29 is 14.3 Å². The number of aryl methyl sites for hydroxylation is 1. The maximum atomic E-state index is 12.4. The number of fused-ring (bicyclic) bond motifs is 2. The molecule has 7 heteroatoms. The van der Waals surface area contributed by atoms with Crippen molar-refractivity contribution in [2.75, 3.05) is 24.3 Å². The summed E-state index contributed by atoms with van der Waals surface area (Å²) in [5.74, 6) is 1.31. The van der Waals surface area contributed by atoms with Crippen LogP contribution >= 0.6 is 11.8 Å². The third-order valence-electron chi connectivity index (χ3n) is 4.78. The molecule has 0 spiro atoms. The highest BCUT2D eigenvalue weighted by Crippen LogP contribution is 2.35. The average Bonchev–Trinajstić information content (AvgIpc) is 2.73. The molecule has 1 N–H and O–H groups in total. The van der Waals surface area contributed by atoms with Crippen LogP contribution in [0.3, 0.4) is 0 Å². The SMILES string of the molecule is Cc1cccc(NC(=O)CSc2nc3cc4c(cc3cc2C#N)OCCO4)c1C. The lowest BCUT2D eigenvalue weighted by Gasteiger charge is -2.19. The van der Waals surface area contributed by atoms with Gasteiger partial charge in [0.05, 0.1) is 16.8 Å². The molecule has 0 radical (unpaired) electrons. The summed E-state index contributed by atoms with van der Waals surface area (Å²) in [4.78, 5) is 17.0. The van der Waals surface area contributed by atoms with Gasteiger partial charge in [-0.1, -0.05) is 23.9 Å². The number of carbonyl (C=O) groups excluding carboxylic acids is 1. The van der Waals surface area contributed by atoms with E-state index in [4.69, 9.17) is 9.47 Å². The molecule has 2 heterocycles. The lowest BCUT2D eigenvalue weighted by atomic mass is 10.1. The van der Waals surface area contributed by atoms with Crippen molar-refractivity contribution in [2.24, 2.45) is 0 Å². The molecule has 4 rings (SSSR count). The highest BCUT2D eigenvalue weighted by molar-refractivity contribution is 8.00. The molecular formula is C22H19N3O3S. The second-order valence-corrected chi connectivity index (χ2v) is 7.69. The lowest BCUT2D eigenvalue weighted by Crippen LogP contribution is -2.15. The van der Waals surface area contributed by atoms with E-state index in [1.54, 1.807) is 6.07 Å². The summed E-state index contributed by atoms with van der Waals surface area (Å²) < 4.78 is 11.2. The maximum Gasteiger partial charge on any atom is 0.234 e. The Bertz CT molecular complexity index is 1150. The predicted molar refractivity (Wildman–Crippen MR) is 113 cm³/mol. The van der Waals surface area contributed by atoms with Crippen LogP contribution in [0.4, 0.5) is 5.69 Å². The molecule has 0 saturated heterocycles. The summed E-state index contributed by atoms with van der Waals surface area (Å²) in [5.41, 5.74) is 4.09. The van der Waals surface area contributed by atoms with E-state index in [1.807, 2.05) is 44.2 Å². The van der Waals surface area contributed by atoms with E-state index in [9.17, 15) is 10.1 Å². The van der Waals surface area contributed by atoms with Gasteiger partial charge < -0.3 is 14.8 Å². The molecule has 1 aliphatic heterocycles. The third kappa shape index (κ3) is 3.98. The number of rotatable bonds is 4. The largest absolute Gasteiger partial charge is 0.486 e. The van der Waals surface area contributed by atoms with Crippen molar-refractivity contribution in [3.05, 3.63) is 53.1 Å². The monoisotopic (exact) mass is 405 g/mol. The number of aromatic nitrogens is 1. The first kappa shape index (κ1) is 19.1. The highest BCUT2D eigenvalue weighted by Gasteiger charge is 2.16. The number of anilines is 1. The fraction of sp³-hybridized carbons (Fsp3) is 0.227. The Hall–Kier alpha value is -3.24. The van der Waals surface area contributed by atoms with Crippen molar-refractivity contribution in [3.8, 4) is 17.6 Å². The third-order valence-corrected chi connectivity index (χ3v) is 5.77. The summed E-state index contributed by atoms with van der Waals surface area (Å²) in [6.45, 7) is 4.98. The second kappa shape index (κ2) is 8.02. The Morgan fingerprint density at radius 3 is 2.72 bits per heavy atom. The van der Waals surface area contributed by atoms with E-state index in [1.165, 1.54) is 11.8 Å². The quantitative estimate of drug-likeness (QED) is 0.654. The number of nitriles is 1. The number of pyridine rings is 1. The first-order valence-electron chi connectivity index (χ1n) is 9.18. The molecule has 29 heavy (non-hydrogen) atoms. The molecule has 0 fully saturated rings. The van der Waals surface area contributed by atoms with E-state index < -0.39 is 0 Å². The van der Waals surface area contributed by atoms with Crippen LogP contribution in [-0.4, -0.2) is 29.9 Å². The highest BCUT2D eigenvalue weighted by atomic mass is 32.2. The molecule has 6 nitrogen and oxygen atoms in total. The van der Waals surface area contributed by atoms with Crippen molar-refractivity contribution in [3.63, 3.8) is 0 Å². The number of hydrogen-bond donors (Lipinski definition) is 1. The van der Waals surface area contributed by atoms with Gasteiger partial charge in [-0.3, -0.25) is 4.79 Å². The van der Waals surface area contributed by atoms with Crippen molar-refractivity contribution >= 4 is 34.3 Å². The average molecular weight is 405 g/mol. The minimum absolute atomic E-state index is 0.142. The van der Waals surface area contributed by atoms with Gasteiger partial charge in [0, 0.05) is 17.1 Å². The van der Waals surface area contributed by atoms with Gasteiger partial charge in [0.1, 0.15) is 24.3 Å². The number of amides is 1. The number of benzene rings is 2. The molecule has 3 aromatic rings. The number of hydrogen-bond acceptors (Lipinski definition) is 6. The zero-order valence-electron chi connectivity index (χ0n) is 16.1. The molecule has 1 amide bonds. The first-order valence-corrected chi connectivity index (χ1v) is 10.2. The van der Waals surface area contributed by atoms with Crippen LogP contribution in [0.15, 0.2) is 41.4 Å². The van der Waals surface area contributed by atoms with Crippen molar-refractivity contribution in [2.45, 2.75) is 18.9 Å². The molecule has 0 atom stereocenters. The molecule has 0 bridgehead atoms. The molecule has 0 unspecified atom stereocenters. The fourth-order valence-corrected chi connectivity index (χ4v) is 3.85. The van der Waals surface area contributed by atoms with Crippen molar-refractivity contribution in [1.82, 2.24) is 4.98 Å². The fourth-order valence-electron chi connectivity index (χ4n) is 3.09. The number of nitrogens with zero attached hydrogens (tertiary/aromatic N) is 2. The van der Waals surface area contributed by atoms with E-state index in [0.29, 0.717) is 40.8 Å². The normalized spacial score (nSPS) is 12.4. The minimum atomic E-state index is -0.142. The van der Waals surface area contributed by atoms with Crippen LogP contribution in [0.1, 0.15) is 16.7 Å². The van der Waals surface area contributed by atoms with Gasteiger partial charge in [-0.2, -0.15) is 5.26 Å². The van der Waals surface area contributed by atoms with Crippen LogP contribution in [0.2, 0.25) is 0 Å². The predicted octanol–water partition coefficient (Wildman–Crippen LogP) is 4.23. The van der Waals surface area contributed by atoms with Crippen LogP contribution in [0.25, 0.3) is 10.9 Å². The van der Waals surface area contributed by atoms with Crippen LogP contribution in [0.5, 0.6) is 11.5 Å². The Morgan fingerprint density at radius 1 is 1.21 bits per heavy atom. The molecule has 2 aromatic carbocycles. The van der Waals surface area contributed by atoms with Gasteiger partial charge >= 0.3 is 0 Å². The Kier molecular flexibility index (Phi) is 5.28. The number of ether oxygens (including phenoxy) is 2. The summed E-state index contributed by atoms with van der Waals surface area (Å²) in [7, 11) is 0. The zero-order chi connectivity index (χ0) is 20.4. The number of carbonyl (C=O) groups is 1. The Morgan fingerprint density at radius 2 is 1.97 bits per heavy atom. The standard InChI is InChI=1S/C22H19N3O3S/c1-13-4-3-5-17(14(13)2)24-21(26)12-29-22-16(11-23)8-15-9-19-20(10-18(15)25-22)28-7-6-27-19/h3-5,8-10H,6-7,12H2,1-2H3,(H,24,26). The van der Waals surface area contributed by atoms with Gasteiger partial charge in [0.15, 0.2) is 11.5 Å². The molecule has 146 valence electrons. The zero-order valence-corrected chi connectivity index (χ0v) is 16.9. The van der Waals surface area contributed by atoms with Gasteiger partial charge in [0.2, 0.25) is 5.91 Å². The Balaban J connectivity index is 1.54. The lowest BCUT2D eigenvalue weighted by molar-refractivity contribution is -0.113. The second-order valence-electron chi connectivity index (χ2n) is 6.73. The molecular weight excluding hydrogens is 386 g/mol. The molecule has 1 aromatic heterocycles. The van der Waals surface area contributed by atoms with E-state index in [0.717, 1.165) is 22.2 Å². The van der Waals surface area contributed by atoms with Crippen LogP contribution < -0.4 is 14.8 Å². The number of nitrogens with one attached hydrogen (secondary N) is 1. The summed E-state index contributed by atoms with van der Waals surface area (Å²) in [6.07, 6.45) is 0. The van der Waals surface area contributed by atoms with Crippen LogP contribution in [0, 0.1) is 25.2 Å². The summed E-state index contributed by atoms with van der Waals surface area (Å²) >= 11 is 1.24. The molecule has 0 saturated carbocycles. The smallest absolute Gasteiger partial charge is 0.234 e. The van der Waals surface area contributed by atoms with Crippen LogP contribution in [-0.2, 0) is 4.79 Å². The number of thioether (sulfide) groups is 1. The molecule has 0 aliphatic carbocycles. The van der Waals surface area contributed by atoms with E-state index in [2.05, 4.69) is 16.4 Å². The van der Waals surface area contributed by atoms with Gasteiger partial charge in [-0.25, -0.2) is 4.98 Å². The summed E-state index contributed by atoms with van der Waals surface area (Å²) in [5, 5.41) is 13.8. The topological polar surface area (TPSA) is 84.2 Å². The Labute approximate surface area is 172 Å². The first-order chi connectivity index (χ1) is 14.0.